The van der Waals surface area contributed by atoms with Crippen LogP contribution in [0.2, 0.25) is 0 Å². The molecule has 33 heavy (non-hydrogen) atoms. The Hall–Kier alpha value is -3.34. The van der Waals surface area contributed by atoms with E-state index in [1.165, 1.54) is 0 Å². The molecular weight excluding hydrogens is 430 g/mol. The predicted octanol–water partition coefficient (Wildman–Crippen LogP) is 3.13. The molecule has 0 radical (unpaired) electrons. The lowest BCUT2D eigenvalue weighted by molar-refractivity contribution is 0.149. The van der Waals surface area contributed by atoms with Gasteiger partial charge < -0.3 is 15.0 Å². The highest BCUT2D eigenvalue weighted by atomic mass is 19.1. The number of nitrogens with zero attached hydrogens (tertiary/aromatic N) is 7. The first kappa shape index (κ1) is 21.5. The molecule has 0 saturated carbocycles. The molecule has 11 heteroatoms. The van der Waals surface area contributed by atoms with Crippen molar-refractivity contribution < 1.29 is 13.5 Å². The van der Waals surface area contributed by atoms with Crippen LogP contribution >= 0.6 is 0 Å². The zero-order chi connectivity index (χ0) is 23.1. The van der Waals surface area contributed by atoms with E-state index in [-0.39, 0.29) is 6.04 Å². The van der Waals surface area contributed by atoms with Crippen molar-refractivity contribution in [3.8, 4) is 17.0 Å². The lowest BCUT2D eigenvalue weighted by atomic mass is 10.0. The monoisotopic (exact) mass is 456 g/mol. The van der Waals surface area contributed by atoms with Crippen LogP contribution in [0.25, 0.3) is 27.7 Å². The van der Waals surface area contributed by atoms with Crippen LogP contribution in [-0.2, 0) is 0 Å². The molecule has 4 aromatic rings. The second-order valence-electron chi connectivity index (χ2n) is 8.53. The van der Waals surface area contributed by atoms with Crippen molar-refractivity contribution in [2.75, 3.05) is 39.2 Å². The number of anilines is 1. The minimum Gasteiger partial charge on any atom is -0.479 e. The molecule has 1 N–H and O–H groups in total. The van der Waals surface area contributed by atoms with Gasteiger partial charge in [-0.1, -0.05) is 11.3 Å². The van der Waals surface area contributed by atoms with E-state index in [0.717, 1.165) is 23.2 Å². The topological polar surface area (TPSA) is 85.4 Å². The van der Waals surface area contributed by atoms with Crippen molar-refractivity contribution in [2.24, 2.45) is 0 Å². The number of hydrogen-bond donors (Lipinski definition) is 1. The summed E-state index contributed by atoms with van der Waals surface area (Å²) in [6, 6.07) is 6.85. The molecule has 1 aromatic carbocycles. The Balaban J connectivity index is 1.53. The molecule has 0 bridgehead atoms. The summed E-state index contributed by atoms with van der Waals surface area (Å²) in [5.74, 6) is 0.688. The number of alkyl halides is 2. The number of benzene rings is 1. The van der Waals surface area contributed by atoms with Gasteiger partial charge >= 0.3 is 0 Å². The first-order valence-corrected chi connectivity index (χ1v) is 10.9. The van der Waals surface area contributed by atoms with Gasteiger partial charge in [0, 0.05) is 24.8 Å². The van der Waals surface area contributed by atoms with E-state index < -0.39 is 18.9 Å². The minimum atomic E-state index is -1.01. The average molecular weight is 457 g/mol. The molecule has 0 aliphatic carbocycles. The zero-order valence-corrected chi connectivity index (χ0v) is 18.7. The number of rotatable bonds is 6. The molecule has 1 aliphatic rings. The number of likely N-dealkylation sites (tertiary alicyclic amines) is 1. The number of methoxy groups -OCH3 is 1. The van der Waals surface area contributed by atoms with Crippen molar-refractivity contribution in [2.45, 2.75) is 31.6 Å². The molecule has 0 unspecified atom stereocenters. The number of halogens is 2. The number of piperidine rings is 1. The van der Waals surface area contributed by atoms with E-state index in [1.54, 1.807) is 23.2 Å². The largest absolute Gasteiger partial charge is 0.479 e. The fraction of sp³-hybridized carbons (Fsp3) is 0.455. The van der Waals surface area contributed by atoms with E-state index in [0.29, 0.717) is 35.8 Å². The molecule has 4 heterocycles. The van der Waals surface area contributed by atoms with Gasteiger partial charge in [0.1, 0.15) is 23.9 Å². The van der Waals surface area contributed by atoms with Crippen LogP contribution in [-0.4, -0.2) is 80.6 Å². The van der Waals surface area contributed by atoms with Crippen LogP contribution in [0.15, 0.2) is 30.5 Å². The average Bonchev–Trinajstić information content (AvgIpc) is 3.43. The molecule has 1 aliphatic heterocycles. The van der Waals surface area contributed by atoms with Crippen LogP contribution in [0, 0.1) is 0 Å². The van der Waals surface area contributed by atoms with Gasteiger partial charge in [-0.3, -0.25) is 0 Å². The highest BCUT2D eigenvalue weighted by molar-refractivity contribution is 5.89. The number of hydrogen-bond acceptors (Lipinski definition) is 7. The summed E-state index contributed by atoms with van der Waals surface area (Å²) in [6.45, 7) is 2.40. The van der Waals surface area contributed by atoms with E-state index in [1.807, 2.05) is 42.4 Å². The third-order valence-electron chi connectivity index (χ3n) is 6.15. The van der Waals surface area contributed by atoms with E-state index in [9.17, 15) is 8.78 Å². The van der Waals surface area contributed by atoms with Gasteiger partial charge in [0.15, 0.2) is 0 Å². The zero-order valence-electron chi connectivity index (χ0n) is 18.7. The molecule has 3 atom stereocenters. The summed E-state index contributed by atoms with van der Waals surface area (Å²) in [5.41, 5.74) is 3.84. The summed E-state index contributed by atoms with van der Waals surface area (Å²) in [4.78, 5) is 6.48. The predicted molar refractivity (Wildman–Crippen MR) is 121 cm³/mol. The maximum absolute atomic E-state index is 14.5. The maximum atomic E-state index is 14.5. The summed E-state index contributed by atoms with van der Waals surface area (Å²) < 4.78 is 36.6. The summed E-state index contributed by atoms with van der Waals surface area (Å²) in [6.07, 6.45) is 1.47. The maximum Gasteiger partial charge on any atom is 0.244 e. The molecule has 1 fully saturated rings. The Kier molecular flexibility index (Phi) is 5.57. The highest BCUT2D eigenvalue weighted by Gasteiger charge is 2.28. The van der Waals surface area contributed by atoms with Gasteiger partial charge in [-0.15, -0.1) is 10.2 Å². The second kappa shape index (κ2) is 8.54. The standard InChI is InChI=1S/C22H26F2N8O/c1-13(11-23)32-19-10-14(4-5-18(19)27-29-32)15-6-9-31-20(15)21(33-3)26-22(28-31)25-17-7-8-30(2)12-16(17)24/h4-6,9-10,13,16-17H,7-8,11-12H2,1-3H3,(H,25,28)/t13-,16+,17-/m1/s1. The van der Waals surface area contributed by atoms with Crippen LogP contribution in [0.4, 0.5) is 14.7 Å². The molecule has 0 spiro atoms. The van der Waals surface area contributed by atoms with Crippen molar-refractivity contribution in [1.29, 1.82) is 0 Å². The van der Waals surface area contributed by atoms with E-state index in [2.05, 4.69) is 25.7 Å². The van der Waals surface area contributed by atoms with Crippen LogP contribution in [0.5, 0.6) is 5.88 Å². The third kappa shape index (κ3) is 3.86. The molecule has 3 aromatic heterocycles. The Labute approximate surface area is 189 Å². The molecule has 174 valence electrons. The molecular formula is C22H26F2N8O. The molecule has 0 amide bonds. The Morgan fingerprint density at radius 3 is 2.91 bits per heavy atom. The molecule has 1 saturated heterocycles. The lowest BCUT2D eigenvalue weighted by Crippen LogP contribution is -2.46. The Bertz CT molecular complexity index is 1290. The Morgan fingerprint density at radius 1 is 1.30 bits per heavy atom. The molecule has 9 nitrogen and oxygen atoms in total. The smallest absolute Gasteiger partial charge is 0.244 e. The quantitative estimate of drug-likeness (QED) is 0.477. The molecule has 5 rings (SSSR count). The Morgan fingerprint density at radius 2 is 2.15 bits per heavy atom. The van der Waals surface area contributed by atoms with Gasteiger partial charge in [-0.25, -0.2) is 18.0 Å². The third-order valence-corrected chi connectivity index (χ3v) is 6.15. The SMILES string of the molecule is COc1nc(N[C@@H]2CCN(C)C[C@@H]2F)nn2ccc(-c3ccc4nnn([C@H](C)CF)c4c3)c12. The number of aromatic nitrogens is 6. The summed E-state index contributed by atoms with van der Waals surface area (Å²) >= 11 is 0. The van der Waals surface area contributed by atoms with Gasteiger partial charge in [0.2, 0.25) is 11.8 Å². The summed E-state index contributed by atoms with van der Waals surface area (Å²) in [7, 11) is 3.45. The first-order valence-electron chi connectivity index (χ1n) is 10.9. The van der Waals surface area contributed by atoms with E-state index in [4.69, 9.17) is 4.74 Å². The van der Waals surface area contributed by atoms with Crippen LogP contribution in [0.3, 0.4) is 0 Å². The van der Waals surface area contributed by atoms with Gasteiger partial charge in [0.05, 0.1) is 24.7 Å². The van der Waals surface area contributed by atoms with Crippen molar-refractivity contribution in [3.63, 3.8) is 0 Å². The van der Waals surface area contributed by atoms with Crippen LogP contribution < -0.4 is 10.1 Å². The normalized spacial score (nSPS) is 20.4. The van der Waals surface area contributed by atoms with Crippen molar-refractivity contribution in [3.05, 3.63) is 30.5 Å². The number of ether oxygens (including phenoxy) is 1. The van der Waals surface area contributed by atoms with Crippen LogP contribution in [0.1, 0.15) is 19.4 Å². The highest BCUT2D eigenvalue weighted by Crippen LogP contribution is 2.33. The van der Waals surface area contributed by atoms with Crippen molar-refractivity contribution >= 4 is 22.5 Å². The van der Waals surface area contributed by atoms with Gasteiger partial charge in [-0.2, -0.15) is 4.98 Å². The first-order chi connectivity index (χ1) is 16.0. The van der Waals surface area contributed by atoms with Gasteiger partial charge in [0.25, 0.3) is 0 Å². The number of nitrogens with one attached hydrogen (secondary N) is 1. The van der Waals surface area contributed by atoms with Gasteiger partial charge in [-0.05, 0) is 44.2 Å². The minimum absolute atomic E-state index is 0.313. The fourth-order valence-electron chi connectivity index (χ4n) is 4.31. The number of fused-ring (bicyclic) bond motifs is 2. The fourth-order valence-corrected chi connectivity index (χ4v) is 4.31. The van der Waals surface area contributed by atoms with Crippen molar-refractivity contribution in [1.82, 2.24) is 34.5 Å². The van der Waals surface area contributed by atoms with E-state index >= 15 is 0 Å². The second-order valence-corrected chi connectivity index (χ2v) is 8.53. The lowest BCUT2D eigenvalue weighted by Gasteiger charge is -2.32. The summed E-state index contributed by atoms with van der Waals surface area (Å²) in [5, 5.41) is 15.9.